The predicted octanol–water partition coefficient (Wildman–Crippen LogP) is 7.07. The van der Waals surface area contributed by atoms with Crippen molar-refractivity contribution in [1.82, 2.24) is 4.98 Å². The van der Waals surface area contributed by atoms with E-state index in [4.69, 9.17) is 23.2 Å². The van der Waals surface area contributed by atoms with Crippen molar-refractivity contribution in [1.29, 1.82) is 0 Å². The van der Waals surface area contributed by atoms with E-state index in [2.05, 4.69) is 43.2 Å². The van der Waals surface area contributed by atoms with Crippen molar-refractivity contribution in [2.75, 3.05) is 5.32 Å². The smallest absolute Gasteiger partial charge is 0.250 e. The van der Waals surface area contributed by atoms with Crippen LogP contribution in [0.3, 0.4) is 0 Å². The molecule has 0 aliphatic rings. The molecule has 3 aromatic rings. The van der Waals surface area contributed by atoms with Crippen molar-refractivity contribution >= 4 is 51.7 Å². The van der Waals surface area contributed by atoms with Gasteiger partial charge in [0, 0.05) is 22.0 Å². The molecule has 0 aliphatic heterocycles. The summed E-state index contributed by atoms with van der Waals surface area (Å²) in [5.41, 5.74) is 3.80. The van der Waals surface area contributed by atoms with Gasteiger partial charge in [-0.2, -0.15) is 0 Å². The maximum absolute atomic E-state index is 12.2. The molecule has 0 atom stereocenters. The highest BCUT2D eigenvalue weighted by Crippen LogP contribution is 2.32. The minimum absolute atomic E-state index is 0.106. The summed E-state index contributed by atoms with van der Waals surface area (Å²) in [5, 5.41) is 6.23. The van der Waals surface area contributed by atoms with Gasteiger partial charge >= 0.3 is 0 Å². The Morgan fingerprint density at radius 3 is 2.46 bits per heavy atom. The van der Waals surface area contributed by atoms with Gasteiger partial charge in [0.15, 0.2) is 5.13 Å². The Bertz CT molecular complexity index is 1020. The standard InChI is InChI=1S/C22H20Cl2N2OS/c1-22(2,3)15-7-4-14(5-8-15)6-11-20(27)26-21-25-19(13-28-21)17-10-9-16(23)12-18(17)24/h4-13H,1-3H3,(H,25,26,27). The molecule has 0 fully saturated rings. The third kappa shape index (κ3) is 5.22. The summed E-state index contributed by atoms with van der Waals surface area (Å²) in [7, 11) is 0. The highest BCUT2D eigenvalue weighted by molar-refractivity contribution is 7.14. The molecular formula is C22H20Cl2N2OS. The molecule has 6 heteroatoms. The molecule has 28 heavy (non-hydrogen) atoms. The first-order chi connectivity index (χ1) is 13.2. The second-order valence-electron chi connectivity index (χ2n) is 7.36. The van der Waals surface area contributed by atoms with E-state index in [0.717, 1.165) is 11.1 Å². The van der Waals surface area contributed by atoms with E-state index in [1.165, 1.54) is 23.0 Å². The zero-order valence-electron chi connectivity index (χ0n) is 15.8. The highest BCUT2D eigenvalue weighted by atomic mass is 35.5. The SMILES string of the molecule is CC(C)(C)c1ccc(C=CC(=O)Nc2nc(-c3ccc(Cl)cc3Cl)cs2)cc1. The fraction of sp³-hybridized carbons (Fsp3) is 0.182. The zero-order chi connectivity index (χ0) is 20.3. The van der Waals surface area contributed by atoms with Crippen molar-refractivity contribution in [3.63, 3.8) is 0 Å². The van der Waals surface area contributed by atoms with E-state index >= 15 is 0 Å². The van der Waals surface area contributed by atoms with Gasteiger partial charge < -0.3 is 0 Å². The maximum atomic E-state index is 12.2. The normalized spacial score (nSPS) is 11.8. The molecule has 1 amide bonds. The van der Waals surface area contributed by atoms with Crippen LogP contribution in [-0.2, 0) is 10.2 Å². The third-order valence-electron chi connectivity index (χ3n) is 4.15. The average Bonchev–Trinajstić information content (AvgIpc) is 3.07. The van der Waals surface area contributed by atoms with E-state index in [9.17, 15) is 4.79 Å². The summed E-state index contributed by atoms with van der Waals surface area (Å²) in [6, 6.07) is 13.4. The molecule has 3 nitrogen and oxygen atoms in total. The Morgan fingerprint density at radius 1 is 1.11 bits per heavy atom. The number of thiazole rings is 1. The number of benzene rings is 2. The minimum atomic E-state index is -0.233. The molecule has 2 aromatic carbocycles. The van der Waals surface area contributed by atoms with Gasteiger partial charge in [-0.1, -0.05) is 68.2 Å². The van der Waals surface area contributed by atoms with Crippen molar-refractivity contribution in [2.45, 2.75) is 26.2 Å². The van der Waals surface area contributed by atoms with Gasteiger partial charge in [0.1, 0.15) is 0 Å². The van der Waals surface area contributed by atoms with Crippen LogP contribution in [0.1, 0.15) is 31.9 Å². The summed E-state index contributed by atoms with van der Waals surface area (Å²) in [6.45, 7) is 6.51. The van der Waals surface area contributed by atoms with Crippen molar-refractivity contribution in [3.8, 4) is 11.3 Å². The Labute approximate surface area is 179 Å². The van der Waals surface area contributed by atoms with Crippen LogP contribution in [0.15, 0.2) is 53.9 Å². The van der Waals surface area contributed by atoms with Crippen LogP contribution in [0.4, 0.5) is 5.13 Å². The summed E-state index contributed by atoms with van der Waals surface area (Å²) < 4.78 is 0. The molecule has 1 heterocycles. The lowest BCUT2D eigenvalue weighted by Gasteiger charge is -2.18. The maximum Gasteiger partial charge on any atom is 0.250 e. The Hall–Kier alpha value is -2.14. The number of carbonyl (C=O) groups excluding carboxylic acids is 1. The Morgan fingerprint density at radius 2 is 1.82 bits per heavy atom. The molecule has 1 aromatic heterocycles. The number of nitrogens with one attached hydrogen (secondary N) is 1. The number of aromatic nitrogens is 1. The second kappa shape index (κ2) is 8.48. The second-order valence-corrected chi connectivity index (χ2v) is 9.06. The lowest BCUT2D eigenvalue weighted by Crippen LogP contribution is -2.10. The van der Waals surface area contributed by atoms with Crippen LogP contribution < -0.4 is 5.32 Å². The minimum Gasteiger partial charge on any atom is -0.298 e. The van der Waals surface area contributed by atoms with Crippen molar-refractivity contribution in [3.05, 3.63) is 75.1 Å². The molecular weight excluding hydrogens is 411 g/mol. The van der Waals surface area contributed by atoms with E-state index in [1.807, 2.05) is 23.6 Å². The molecule has 0 aliphatic carbocycles. The number of amides is 1. The molecule has 3 rings (SSSR count). The number of anilines is 1. The van der Waals surface area contributed by atoms with Crippen LogP contribution in [0.5, 0.6) is 0 Å². The van der Waals surface area contributed by atoms with E-state index in [1.54, 1.807) is 18.2 Å². The van der Waals surface area contributed by atoms with Gasteiger partial charge in [-0.25, -0.2) is 4.98 Å². The largest absolute Gasteiger partial charge is 0.298 e. The van der Waals surface area contributed by atoms with Crippen LogP contribution >= 0.6 is 34.5 Å². The lowest BCUT2D eigenvalue weighted by molar-refractivity contribution is -0.111. The fourth-order valence-electron chi connectivity index (χ4n) is 2.57. The fourth-order valence-corrected chi connectivity index (χ4v) is 3.78. The first-order valence-electron chi connectivity index (χ1n) is 8.73. The van der Waals surface area contributed by atoms with E-state index < -0.39 is 0 Å². The molecule has 0 bridgehead atoms. The van der Waals surface area contributed by atoms with Gasteiger partial charge in [-0.15, -0.1) is 11.3 Å². The number of rotatable bonds is 4. The monoisotopic (exact) mass is 430 g/mol. The zero-order valence-corrected chi connectivity index (χ0v) is 18.1. The third-order valence-corrected chi connectivity index (χ3v) is 5.45. The van der Waals surface area contributed by atoms with Crippen LogP contribution in [0.25, 0.3) is 17.3 Å². The molecule has 0 unspecified atom stereocenters. The topological polar surface area (TPSA) is 42.0 Å². The molecule has 0 spiro atoms. The van der Waals surface area contributed by atoms with Gasteiger partial charge in [0.05, 0.1) is 10.7 Å². The summed E-state index contributed by atoms with van der Waals surface area (Å²) in [4.78, 5) is 16.6. The van der Waals surface area contributed by atoms with Crippen LogP contribution in [-0.4, -0.2) is 10.9 Å². The van der Waals surface area contributed by atoms with Crippen molar-refractivity contribution < 1.29 is 4.79 Å². The van der Waals surface area contributed by atoms with Gasteiger partial charge in [-0.3, -0.25) is 10.1 Å². The number of hydrogen-bond acceptors (Lipinski definition) is 3. The summed E-state index contributed by atoms with van der Waals surface area (Å²) in [6.07, 6.45) is 3.29. The van der Waals surface area contributed by atoms with E-state index in [0.29, 0.717) is 20.9 Å². The number of nitrogens with zero attached hydrogens (tertiary/aromatic N) is 1. The quantitative estimate of drug-likeness (QED) is 0.449. The molecule has 0 radical (unpaired) electrons. The van der Waals surface area contributed by atoms with Gasteiger partial charge in [-0.05, 0) is 40.8 Å². The average molecular weight is 431 g/mol. The van der Waals surface area contributed by atoms with Crippen LogP contribution in [0.2, 0.25) is 10.0 Å². The van der Waals surface area contributed by atoms with Gasteiger partial charge in [0.25, 0.3) is 0 Å². The summed E-state index contributed by atoms with van der Waals surface area (Å²) >= 11 is 13.5. The predicted molar refractivity (Wildman–Crippen MR) is 120 cm³/mol. The first kappa shape index (κ1) is 20.6. The Balaban J connectivity index is 1.65. The highest BCUT2D eigenvalue weighted by Gasteiger charge is 2.13. The van der Waals surface area contributed by atoms with Gasteiger partial charge in [0.2, 0.25) is 5.91 Å². The molecule has 0 saturated carbocycles. The van der Waals surface area contributed by atoms with E-state index in [-0.39, 0.29) is 11.3 Å². The van der Waals surface area contributed by atoms with Crippen molar-refractivity contribution in [2.24, 2.45) is 0 Å². The number of carbonyl (C=O) groups is 1. The molecule has 0 saturated heterocycles. The summed E-state index contributed by atoms with van der Waals surface area (Å²) in [5.74, 6) is -0.233. The molecule has 144 valence electrons. The lowest BCUT2D eigenvalue weighted by atomic mass is 9.87. The Kier molecular flexibility index (Phi) is 6.23. The number of halogens is 2. The molecule has 1 N–H and O–H groups in total. The number of hydrogen-bond donors (Lipinski definition) is 1. The van der Waals surface area contributed by atoms with Crippen LogP contribution in [0, 0.1) is 0 Å². The first-order valence-corrected chi connectivity index (χ1v) is 10.4.